The van der Waals surface area contributed by atoms with Crippen LogP contribution in [0.4, 0.5) is 18.9 Å². The van der Waals surface area contributed by atoms with E-state index in [2.05, 4.69) is 26.9 Å². The highest BCUT2D eigenvalue weighted by atomic mass is 32.2. The number of aryl methyl sites for hydroxylation is 1. The number of aromatic nitrogens is 2. The van der Waals surface area contributed by atoms with Crippen molar-refractivity contribution in [2.24, 2.45) is 0 Å². The van der Waals surface area contributed by atoms with Gasteiger partial charge < -0.3 is 10.1 Å². The molecule has 0 aromatic carbocycles. The van der Waals surface area contributed by atoms with Crippen LogP contribution in [-0.4, -0.2) is 39.4 Å². The maximum Gasteiger partial charge on any atom is 0.491 e. The lowest BCUT2D eigenvalue weighted by Crippen LogP contribution is -2.36. The zero-order valence-electron chi connectivity index (χ0n) is 19.5. The lowest BCUT2D eigenvalue weighted by atomic mass is 10.1. The molecule has 0 unspecified atom stereocenters. The average Bonchev–Trinajstić information content (AvgIpc) is 3.20. The molecule has 2 rings (SSSR count). The van der Waals surface area contributed by atoms with Crippen LogP contribution in [0, 0.1) is 0 Å². The van der Waals surface area contributed by atoms with E-state index in [0.717, 1.165) is 41.7 Å². The summed E-state index contributed by atoms with van der Waals surface area (Å²) in [6.07, 6.45) is 4.13. The summed E-state index contributed by atoms with van der Waals surface area (Å²) in [5, 5.41) is 5.24. The van der Waals surface area contributed by atoms with Crippen LogP contribution in [0.3, 0.4) is 0 Å². The first-order valence-corrected chi connectivity index (χ1v) is 12.9. The van der Waals surface area contributed by atoms with Crippen LogP contribution in [-0.2, 0) is 27.2 Å². The zero-order valence-corrected chi connectivity index (χ0v) is 21.2. The molecular weight excluding hydrogens is 487 g/mol. The van der Waals surface area contributed by atoms with E-state index in [9.17, 15) is 22.8 Å². The molecule has 0 bridgehead atoms. The number of rotatable bonds is 13. The number of anilines is 1. The number of ether oxygens (including phenoxy) is 1. The monoisotopic (exact) mass is 517 g/mol. The summed E-state index contributed by atoms with van der Waals surface area (Å²) in [7, 11) is 0. The lowest BCUT2D eigenvalue weighted by molar-refractivity contribution is -0.202. The molecule has 1 N–H and O–H groups in total. The second-order valence-electron chi connectivity index (χ2n) is 8.23. The number of halogens is 3. The van der Waals surface area contributed by atoms with Crippen molar-refractivity contribution in [1.82, 2.24) is 9.97 Å². The quantitative estimate of drug-likeness (QED) is 0.146. The molecule has 2 aromatic rings. The number of hydrogen-bond acceptors (Lipinski definition) is 8. The summed E-state index contributed by atoms with van der Waals surface area (Å²) >= 11 is 2.24. The summed E-state index contributed by atoms with van der Waals surface area (Å²) in [5.41, 5.74) is 2.84. The number of nitrogens with one attached hydrogen (secondary N) is 1. The van der Waals surface area contributed by atoms with Crippen LogP contribution >= 0.6 is 23.1 Å². The number of pyridine rings is 1. The summed E-state index contributed by atoms with van der Waals surface area (Å²) in [6.45, 7) is 5.60. The fraction of sp³-hybridized carbons (Fsp3) is 0.565. The fourth-order valence-corrected chi connectivity index (χ4v) is 5.26. The van der Waals surface area contributed by atoms with Crippen molar-refractivity contribution in [3.05, 3.63) is 35.1 Å². The largest absolute Gasteiger partial charge is 0.491 e. The molecular formula is C23H30F3N3O3S2. The van der Waals surface area contributed by atoms with Crippen molar-refractivity contribution < 1.29 is 27.5 Å². The van der Waals surface area contributed by atoms with E-state index in [1.54, 1.807) is 6.20 Å². The van der Waals surface area contributed by atoms with Crippen LogP contribution in [0.5, 0.6) is 0 Å². The molecule has 0 saturated carbocycles. The first kappa shape index (κ1) is 28.1. The molecule has 0 saturated heterocycles. The van der Waals surface area contributed by atoms with Crippen molar-refractivity contribution >= 4 is 40.7 Å². The van der Waals surface area contributed by atoms with Gasteiger partial charge in [0, 0.05) is 24.5 Å². The van der Waals surface area contributed by atoms with Gasteiger partial charge in [-0.1, -0.05) is 44.4 Å². The lowest BCUT2D eigenvalue weighted by Gasteiger charge is -2.19. The first-order chi connectivity index (χ1) is 16.0. The van der Waals surface area contributed by atoms with Crippen molar-refractivity contribution in [2.75, 3.05) is 11.9 Å². The van der Waals surface area contributed by atoms with Crippen molar-refractivity contribution in [2.45, 2.75) is 81.0 Å². The minimum Gasteiger partial charge on any atom is -0.385 e. The number of esters is 2. The molecule has 2 heterocycles. The van der Waals surface area contributed by atoms with Gasteiger partial charge in [-0.15, -0.1) is 11.3 Å². The van der Waals surface area contributed by atoms with Gasteiger partial charge in [0.2, 0.25) is 0 Å². The highest BCUT2D eigenvalue weighted by Crippen LogP contribution is 2.36. The molecule has 6 nitrogen and oxygen atoms in total. The highest BCUT2D eigenvalue weighted by Gasteiger charge is 2.45. The van der Waals surface area contributed by atoms with Gasteiger partial charge in [-0.2, -0.15) is 13.2 Å². The van der Waals surface area contributed by atoms with Gasteiger partial charge in [0.15, 0.2) is 4.34 Å². The number of carbonyl (C=O) groups is 2. The van der Waals surface area contributed by atoms with E-state index in [4.69, 9.17) is 0 Å². The molecule has 0 aliphatic heterocycles. The molecule has 0 aliphatic rings. The molecule has 0 radical (unpaired) electrons. The Hall–Kier alpha value is -2.14. The van der Waals surface area contributed by atoms with Crippen LogP contribution in [0.15, 0.2) is 28.0 Å². The van der Waals surface area contributed by atoms with Crippen LogP contribution < -0.4 is 5.32 Å². The molecule has 0 atom stereocenters. The van der Waals surface area contributed by atoms with Gasteiger partial charge in [0.05, 0.1) is 17.1 Å². The van der Waals surface area contributed by atoms with E-state index >= 15 is 0 Å². The Morgan fingerprint density at radius 3 is 2.56 bits per heavy atom. The Morgan fingerprint density at radius 2 is 1.85 bits per heavy atom. The minimum atomic E-state index is -5.22. The van der Waals surface area contributed by atoms with E-state index in [1.807, 2.05) is 17.5 Å². The summed E-state index contributed by atoms with van der Waals surface area (Å²) in [6, 6.07) is 3.90. The summed E-state index contributed by atoms with van der Waals surface area (Å²) in [5.74, 6) is -3.79. The van der Waals surface area contributed by atoms with Gasteiger partial charge in [0.1, 0.15) is 4.75 Å². The number of thiazole rings is 1. The Kier molecular flexibility index (Phi) is 10.8. The molecule has 188 valence electrons. The third-order valence-electron chi connectivity index (χ3n) is 4.89. The van der Waals surface area contributed by atoms with E-state index in [-0.39, 0.29) is 0 Å². The SMILES string of the molecule is CCCCCCCc1ncccc1NCCc1csc(SC(C)(C)C(=O)OC(=O)C(F)(F)F)n1. The highest BCUT2D eigenvalue weighted by molar-refractivity contribution is 8.03. The van der Waals surface area contributed by atoms with Gasteiger partial charge >= 0.3 is 18.1 Å². The van der Waals surface area contributed by atoms with E-state index in [0.29, 0.717) is 17.3 Å². The molecule has 0 aliphatic carbocycles. The molecule has 11 heteroatoms. The third-order valence-corrected chi connectivity index (χ3v) is 7.05. The standard InChI is InChI=1S/C23H30F3N3O3S2/c1-4-5-6-7-8-10-17-18(11-9-13-27-17)28-14-12-16-15-33-21(29-16)34-22(2,3)19(30)32-20(31)23(24,25)26/h9,11,13,15,28H,4-8,10,12,14H2,1-3H3. The van der Waals surface area contributed by atoms with E-state index in [1.165, 1.54) is 50.9 Å². The Bertz CT molecular complexity index is 949. The molecule has 34 heavy (non-hydrogen) atoms. The number of unbranched alkanes of at least 4 members (excludes halogenated alkanes) is 4. The molecule has 2 aromatic heterocycles. The van der Waals surface area contributed by atoms with Gasteiger partial charge in [-0.05, 0) is 38.8 Å². The Morgan fingerprint density at radius 1 is 1.12 bits per heavy atom. The average molecular weight is 518 g/mol. The summed E-state index contributed by atoms with van der Waals surface area (Å²) < 4.78 is 40.1. The second-order valence-corrected chi connectivity index (χ2v) is 11.0. The molecule has 0 fully saturated rings. The van der Waals surface area contributed by atoms with Crippen molar-refractivity contribution in [3.63, 3.8) is 0 Å². The van der Waals surface area contributed by atoms with E-state index < -0.39 is 22.9 Å². The van der Waals surface area contributed by atoms with Crippen molar-refractivity contribution in [3.8, 4) is 0 Å². The third kappa shape index (κ3) is 9.25. The topological polar surface area (TPSA) is 81.2 Å². The molecule has 0 spiro atoms. The smallest absolute Gasteiger partial charge is 0.385 e. The number of thioether (sulfide) groups is 1. The number of nitrogens with zero attached hydrogens (tertiary/aromatic N) is 2. The normalized spacial score (nSPS) is 11.9. The Balaban J connectivity index is 1.85. The number of hydrogen-bond donors (Lipinski definition) is 1. The Labute approximate surface area is 206 Å². The first-order valence-electron chi connectivity index (χ1n) is 11.2. The van der Waals surface area contributed by atoms with Gasteiger partial charge in [0.25, 0.3) is 0 Å². The van der Waals surface area contributed by atoms with Crippen LogP contribution in [0.1, 0.15) is 64.3 Å². The van der Waals surface area contributed by atoms with Crippen LogP contribution in [0.2, 0.25) is 0 Å². The summed E-state index contributed by atoms with van der Waals surface area (Å²) in [4.78, 5) is 31.9. The predicted octanol–water partition coefficient (Wildman–Crippen LogP) is 6.21. The minimum absolute atomic E-state index is 0.505. The fourth-order valence-electron chi connectivity index (χ4n) is 2.99. The predicted molar refractivity (Wildman–Crippen MR) is 128 cm³/mol. The number of alkyl halides is 3. The van der Waals surface area contributed by atoms with Gasteiger partial charge in [-0.3, -0.25) is 9.78 Å². The van der Waals surface area contributed by atoms with Gasteiger partial charge in [-0.25, -0.2) is 9.78 Å². The maximum atomic E-state index is 12.3. The molecule has 0 amide bonds. The second kappa shape index (κ2) is 13.1. The van der Waals surface area contributed by atoms with Crippen LogP contribution in [0.25, 0.3) is 0 Å². The van der Waals surface area contributed by atoms with Crippen molar-refractivity contribution in [1.29, 1.82) is 0 Å². The maximum absolute atomic E-state index is 12.3. The zero-order chi connectivity index (χ0) is 25.2. The number of carbonyl (C=O) groups excluding carboxylic acids is 2.